The molecule has 0 aromatic heterocycles. The van der Waals surface area contributed by atoms with Crippen LogP contribution in [0, 0.1) is 11.8 Å². The molecule has 1 nitrogen and oxygen atoms in total. The minimum Gasteiger partial charge on any atom is -0.310 e. The smallest absolute Gasteiger partial charge is 0.0161 e. The lowest BCUT2D eigenvalue weighted by Gasteiger charge is -2.21. The maximum Gasteiger partial charge on any atom is 0.0161 e. The first-order chi connectivity index (χ1) is 6.15. The third-order valence-electron chi connectivity index (χ3n) is 3.42. The predicted molar refractivity (Wildman–Crippen MR) is 58.8 cm³/mol. The van der Waals surface area contributed by atoms with Crippen LogP contribution in [0.5, 0.6) is 0 Å². The van der Waals surface area contributed by atoms with E-state index in [2.05, 4.69) is 32.7 Å². The molecule has 1 aliphatic rings. The molecule has 76 valence electrons. The summed E-state index contributed by atoms with van der Waals surface area (Å²) in [6, 6.07) is 0.738. The fourth-order valence-corrected chi connectivity index (χ4v) is 2.42. The van der Waals surface area contributed by atoms with Crippen molar-refractivity contribution < 1.29 is 0 Å². The third kappa shape index (κ3) is 2.84. The van der Waals surface area contributed by atoms with Crippen LogP contribution < -0.4 is 5.32 Å². The average molecular weight is 181 g/mol. The van der Waals surface area contributed by atoms with Crippen LogP contribution in [0.2, 0.25) is 0 Å². The monoisotopic (exact) mass is 181 g/mol. The molecule has 0 aromatic rings. The normalized spacial score (nSPS) is 33.6. The van der Waals surface area contributed by atoms with Crippen molar-refractivity contribution in [2.45, 2.75) is 46.1 Å². The lowest BCUT2D eigenvalue weighted by Crippen LogP contribution is -2.33. The molecule has 0 spiro atoms. The van der Waals surface area contributed by atoms with E-state index >= 15 is 0 Å². The van der Waals surface area contributed by atoms with Crippen LogP contribution in [-0.2, 0) is 0 Å². The summed E-state index contributed by atoms with van der Waals surface area (Å²) in [4.78, 5) is 0. The summed E-state index contributed by atoms with van der Waals surface area (Å²) in [5.74, 6) is 1.80. The Morgan fingerprint density at radius 2 is 2.15 bits per heavy atom. The van der Waals surface area contributed by atoms with E-state index in [1.165, 1.54) is 24.8 Å². The van der Waals surface area contributed by atoms with Gasteiger partial charge in [-0.15, -0.1) is 0 Å². The van der Waals surface area contributed by atoms with E-state index < -0.39 is 0 Å². The van der Waals surface area contributed by atoms with Gasteiger partial charge in [-0.25, -0.2) is 0 Å². The molecule has 3 atom stereocenters. The average Bonchev–Trinajstić information content (AvgIpc) is 2.43. The second kappa shape index (κ2) is 4.80. The maximum absolute atomic E-state index is 3.92. The van der Waals surface area contributed by atoms with Gasteiger partial charge in [0.15, 0.2) is 0 Å². The van der Waals surface area contributed by atoms with E-state index in [1.807, 2.05) is 0 Å². The Hall–Kier alpha value is -0.300. The first kappa shape index (κ1) is 10.8. The van der Waals surface area contributed by atoms with E-state index in [0.29, 0.717) is 0 Å². The summed E-state index contributed by atoms with van der Waals surface area (Å²) >= 11 is 0. The van der Waals surface area contributed by atoms with E-state index in [9.17, 15) is 0 Å². The second-order valence-corrected chi connectivity index (χ2v) is 4.55. The van der Waals surface area contributed by atoms with Crippen LogP contribution in [-0.4, -0.2) is 12.6 Å². The standard InChI is InChI=1S/C12H23N/c1-5-11-6-7-12(10(11)4)13-8-9(2)3/h10-13H,2,5-8H2,1,3-4H3. The lowest BCUT2D eigenvalue weighted by molar-refractivity contribution is 0.351. The lowest BCUT2D eigenvalue weighted by atomic mass is 9.93. The van der Waals surface area contributed by atoms with Gasteiger partial charge in [0.25, 0.3) is 0 Å². The van der Waals surface area contributed by atoms with Crippen molar-refractivity contribution in [3.8, 4) is 0 Å². The van der Waals surface area contributed by atoms with E-state index in [4.69, 9.17) is 0 Å². The largest absolute Gasteiger partial charge is 0.310 e. The maximum atomic E-state index is 3.92. The van der Waals surface area contributed by atoms with Crippen LogP contribution in [0.1, 0.15) is 40.0 Å². The predicted octanol–water partition coefficient (Wildman–Crippen LogP) is 2.98. The van der Waals surface area contributed by atoms with Crippen molar-refractivity contribution in [1.29, 1.82) is 0 Å². The number of rotatable bonds is 4. The number of hydrogen-bond donors (Lipinski definition) is 1. The fraction of sp³-hybridized carbons (Fsp3) is 0.833. The van der Waals surface area contributed by atoms with Crippen LogP contribution in [0.15, 0.2) is 12.2 Å². The molecular weight excluding hydrogens is 158 g/mol. The first-order valence-corrected chi connectivity index (χ1v) is 5.53. The molecule has 0 aromatic carbocycles. The summed E-state index contributed by atoms with van der Waals surface area (Å²) in [7, 11) is 0. The molecule has 1 N–H and O–H groups in total. The molecule has 0 saturated heterocycles. The summed E-state index contributed by atoms with van der Waals surface area (Å²) in [5.41, 5.74) is 1.24. The highest BCUT2D eigenvalue weighted by molar-refractivity contribution is 4.94. The van der Waals surface area contributed by atoms with Crippen LogP contribution in [0.3, 0.4) is 0 Å². The molecule has 1 heteroatoms. The zero-order chi connectivity index (χ0) is 9.84. The van der Waals surface area contributed by atoms with Crippen molar-refractivity contribution in [1.82, 2.24) is 5.32 Å². The van der Waals surface area contributed by atoms with E-state index in [-0.39, 0.29) is 0 Å². The summed E-state index contributed by atoms with van der Waals surface area (Å²) in [5, 5.41) is 3.60. The zero-order valence-electron chi connectivity index (χ0n) is 9.27. The van der Waals surface area contributed by atoms with E-state index in [1.54, 1.807) is 0 Å². The van der Waals surface area contributed by atoms with Crippen molar-refractivity contribution in [3.05, 3.63) is 12.2 Å². The highest BCUT2D eigenvalue weighted by atomic mass is 14.9. The van der Waals surface area contributed by atoms with Crippen molar-refractivity contribution >= 4 is 0 Å². The third-order valence-corrected chi connectivity index (χ3v) is 3.42. The minimum absolute atomic E-state index is 0.738. The zero-order valence-corrected chi connectivity index (χ0v) is 9.27. The van der Waals surface area contributed by atoms with Gasteiger partial charge in [0.05, 0.1) is 0 Å². The molecule has 0 bridgehead atoms. The molecule has 0 radical (unpaired) electrons. The van der Waals surface area contributed by atoms with Gasteiger partial charge in [0, 0.05) is 12.6 Å². The highest BCUT2D eigenvalue weighted by Crippen LogP contribution is 2.33. The summed E-state index contributed by atoms with van der Waals surface area (Å²) in [6.07, 6.45) is 4.10. The molecular formula is C12H23N. The number of hydrogen-bond acceptors (Lipinski definition) is 1. The molecule has 1 saturated carbocycles. The van der Waals surface area contributed by atoms with Gasteiger partial charge in [-0.05, 0) is 31.6 Å². The second-order valence-electron chi connectivity index (χ2n) is 4.55. The van der Waals surface area contributed by atoms with Gasteiger partial charge in [-0.1, -0.05) is 32.4 Å². The van der Waals surface area contributed by atoms with Crippen LogP contribution in [0.4, 0.5) is 0 Å². The number of nitrogens with one attached hydrogen (secondary N) is 1. The molecule has 0 aliphatic heterocycles. The van der Waals surface area contributed by atoms with Gasteiger partial charge in [0.1, 0.15) is 0 Å². The first-order valence-electron chi connectivity index (χ1n) is 5.53. The van der Waals surface area contributed by atoms with Crippen molar-refractivity contribution in [3.63, 3.8) is 0 Å². The molecule has 1 aliphatic carbocycles. The van der Waals surface area contributed by atoms with Gasteiger partial charge in [-0.2, -0.15) is 0 Å². The Morgan fingerprint density at radius 3 is 2.62 bits per heavy atom. The highest BCUT2D eigenvalue weighted by Gasteiger charge is 2.30. The Morgan fingerprint density at radius 1 is 1.46 bits per heavy atom. The van der Waals surface area contributed by atoms with Gasteiger partial charge >= 0.3 is 0 Å². The van der Waals surface area contributed by atoms with Crippen molar-refractivity contribution in [2.24, 2.45) is 11.8 Å². The quantitative estimate of drug-likeness (QED) is 0.657. The molecule has 0 heterocycles. The summed E-state index contributed by atoms with van der Waals surface area (Å²) in [6.45, 7) is 11.7. The molecule has 0 amide bonds. The Balaban J connectivity index is 2.32. The molecule has 1 fully saturated rings. The van der Waals surface area contributed by atoms with E-state index in [0.717, 1.165) is 24.4 Å². The summed E-state index contributed by atoms with van der Waals surface area (Å²) < 4.78 is 0. The van der Waals surface area contributed by atoms with Crippen LogP contribution >= 0.6 is 0 Å². The Kier molecular flexibility index (Phi) is 3.98. The SMILES string of the molecule is C=C(C)CNC1CCC(CC)C1C. The Bertz CT molecular complexity index is 174. The minimum atomic E-state index is 0.738. The molecule has 1 rings (SSSR count). The Labute approximate surface area is 82.6 Å². The van der Waals surface area contributed by atoms with Crippen molar-refractivity contribution in [2.75, 3.05) is 6.54 Å². The van der Waals surface area contributed by atoms with Gasteiger partial charge in [0.2, 0.25) is 0 Å². The molecule has 3 unspecified atom stereocenters. The molecule has 13 heavy (non-hydrogen) atoms. The van der Waals surface area contributed by atoms with Crippen LogP contribution in [0.25, 0.3) is 0 Å². The van der Waals surface area contributed by atoms with Gasteiger partial charge in [-0.3, -0.25) is 0 Å². The fourth-order valence-electron chi connectivity index (χ4n) is 2.42. The van der Waals surface area contributed by atoms with Gasteiger partial charge < -0.3 is 5.32 Å². The topological polar surface area (TPSA) is 12.0 Å².